The number of carboxylic acids is 1. The summed E-state index contributed by atoms with van der Waals surface area (Å²) in [6.45, 7) is 5.32. The van der Waals surface area contributed by atoms with Gasteiger partial charge in [0.15, 0.2) is 0 Å². The molecule has 0 aliphatic heterocycles. The summed E-state index contributed by atoms with van der Waals surface area (Å²) in [5, 5.41) is 16.5. The maximum Gasteiger partial charge on any atom is 0.311 e. The minimum atomic E-state index is -0.875. The quantitative estimate of drug-likeness (QED) is 0.876. The van der Waals surface area contributed by atoms with Crippen molar-refractivity contribution in [1.29, 1.82) is 0 Å². The highest BCUT2D eigenvalue weighted by Crippen LogP contribution is 2.38. The van der Waals surface area contributed by atoms with Gasteiger partial charge in [-0.25, -0.2) is 0 Å². The fraction of sp³-hybridized carbons (Fsp3) is 0.643. The Morgan fingerprint density at radius 2 is 2.10 bits per heavy atom. The summed E-state index contributed by atoms with van der Waals surface area (Å²) < 4.78 is 1.66. The van der Waals surface area contributed by atoms with Gasteiger partial charge in [-0.1, -0.05) is 6.42 Å². The molecule has 0 saturated heterocycles. The van der Waals surface area contributed by atoms with Gasteiger partial charge in [-0.05, 0) is 33.6 Å². The minimum Gasteiger partial charge on any atom is -0.481 e. The third-order valence-corrected chi connectivity index (χ3v) is 4.49. The van der Waals surface area contributed by atoms with E-state index in [0.717, 1.165) is 12.1 Å². The molecule has 1 aromatic rings. The first-order valence-electron chi connectivity index (χ1n) is 6.82. The molecule has 1 heterocycles. The second-order valence-electron chi connectivity index (χ2n) is 5.81. The summed E-state index contributed by atoms with van der Waals surface area (Å²) in [6.07, 6.45) is 2.12. The summed E-state index contributed by atoms with van der Waals surface area (Å²) in [7, 11) is 1.79. The Morgan fingerprint density at radius 1 is 1.45 bits per heavy atom. The Morgan fingerprint density at radius 3 is 2.60 bits per heavy atom. The van der Waals surface area contributed by atoms with Gasteiger partial charge in [0, 0.05) is 18.8 Å². The van der Waals surface area contributed by atoms with E-state index < -0.39 is 11.4 Å². The van der Waals surface area contributed by atoms with E-state index in [-0.39, 0.29) is 11.9 Å². The summed E-state index contributed by atoms with van der Waals surface area (Å²) in [4.78, 5) is 23.8. The van der Waals surface area contributed by atoms with Crippen molar-refractivity contribution in [2.75, 3.05) is 0 Å². The van der Waals surface area contributed by atoms with Crippen molar-refractivity contribution in [3.63, 3.8) is 0 Å². The van der Waals surface area contributed by atoms with Crippen molar-refractivity contribution in [2.45, 2.75) is 46.1 Å². The van der Waals surface area contributed by atoms with Gasteiger partial charge in [-0.2, -0.15) is 5.10 Å². The van der Waals surface area contributed by atoms with Gasteiger partial charge in [0.2, 0.25) is 0 Å². The van der Waals surface area contributed by atoms with Gasteiger partial charge in [-0.3, -0.25) is 14.3 Å². The van der Waals surface area contributed by atoms with E-state index in [1.807, 2.05) is 6.92 Å². The fourth-order valence-electron chi connectivity index (χ4n) is 2.99. The molecule has 0 radical (unpaired) electrons. The van der Waals surface area contributed by atoms with E-state index in [4.69, 9.17) is 0 Å². The van der Waals surface area contributed by atoms with Crippen molar-refractivity contribution in [2.24, 2.45) is 12.5 Å². The summed E-state index contributed by atoms with van der Waals surface area (Å²) in [5.74, 6) is -1.08. The Hall–Kier alpha value is -1.85. The number of aliphatic carboxylic acids is 1. The molecule has 1 fully saturated rings. The fourth-order valence-corrected chi connectivity index (χ4v) is 2.99. The number of amides is 1. The maximum absolute atomic E-state index is 12.4. The minimum absolute atomic E-state index is 0.229. The molecule has 2 unspecified atom stereocenters. The number of carboxylic acid groups (broad SMARTS) is 1. The Balaban J connectivity index is 2.22. The van der Waals surface area contributed by atoms with Crippen LogP contribution in [0, 0.1) is 19.3 Å². The predicted molar refractivity (Wildman–Crippen MR) is 73.5 cm³/mol. The summed E-state index contributed by atoms with van der Waals surface area (Å²) in [6, 6.07) is -0.327. The average molecular weight is 279 g/mol. The Labute approximate surface area is 118 Å². The van der Waals surface area contributed by atoms with Crippen molar-refractivity contribution >= 4 is 11.9 Å². The molecule has 1 saturated carbocycles. The molecule has 110 valence electrons. The average Bonchev–Trinajstić information content (AvgIpc) is 2.83. The number of hydrogen-bond acceptors (Lipinski definition) is 3. The first-order chi connectivity index (χ1) is 9.27. The van der Waals surface area contributed by atoms with Gasteiger partial charge in [0.05, 0.1) is 16.7 Å². The Kier molecular flexibility index (Phi) is 3.58. The number of nitrogens with one attached hydrogen (secondary N) is 1. The SMILES string of the molecule is Cc1nn(C)c(C)c1C(=O)NC1CCCC1(C)C(=O)O. The molecule has 2 N–H and O–H groups in total. The lowest BCUT2D eigenvalue weighted by atomic mass is 9.85. The van der Waals surface area contributed by atoms with E-state index in [2.05, 4.69) is 10.4 Å². The molecule has 0 spiro atoms. The molecule has 1 amide bonds. The molecule has 6 nitrogen and oxygen atoms in total. The van der Waals surface area contributed by atoms with Gasteiger partial charge >= 0.3 is 5.97 Å². The van der Waals surface area contributed by atoms with Crippen LogP contribution < -0.4 is 5.32 Å². The van der Waals surface area contributed by atoms with Crippen LogP contribution in [0.15, 0.2) is 0 Å². The topological polar surface area (TPSA) is 84.2 Å². The van der Waals surface area contributed by atoms with Crippen LogP contribution in [0.4, 0.5) is 0 Å². The van der Waals surface area contributed by atoms with Gasteiger partial charge in [-0.15, -0.1) is 0 Å². The van der Waals surface area contributed by atoms with Gasteiger partial charge < -0.3 is 10.4 Å². The zero-order valence-electron chi connectivity index (χ0n) is 12.4. The molecular weight excluding hydrogens is 258 g/mol. The van der Waals surface area contributed by atoms with E-state index in [0.29, 0.717) is 24.1 Å². The number of aryl methyl sites for hydroxylation is 2. The lowest BCUT2D eigenvalue weighted by Crippen LogP contribution is -2.47. The van der Waals surface area contributed by atoms with Crippen LogP contribution in [0.2, 0.25) is 0 Å². The molecule has 2 rings (SSSR count). The molecular formula is C14H21N3O3. The monoisotopic (exact) mass is 279 g/mol. The third-order valence-electron chi connectivity index (χ3n) is 4.49. The van der Waals surface area contributed by atoms with Crippen LogP contribution in [-0.4, -0.2) is 32.8 Å². The molecule has 1 aliphatic carbocycles. The van der Waals surface area contributed by atoms with Crippen LogP contribution in [0.1, 0.15) is 47.9 Å². The van der Waals surface area contributed by atoms with E-state index in [1.54, 1.807) is 25.6 Å². The molecule has 2 atom stereocenters. The van der Waals surface area contributed by atoms with Crippen molar-refractivity contribution in [1.82, 2.24) is 15.1 Å². The molecule has 1 aliphatic rings. The van der Waals surface area contributed by atoms with E-state index in [9.17, 15) is 14.7 Å². The standard InChI is InChI=1S/C14H21N3O3/c1-8-11(9(2)17(4)16-8)12(18)15-10-6-5-7-14(10,3)13(19)20/h10H,5-7H2,1-4H3,(H,15,18)(H,19,20). The van der Waals surface area contributed by atoms with Crippen LogP contribution in [0.5, 0.6) is 0 Å². The number of carbonyl (C=O) groups excluding carboxylic acids is 1. The number of carbonyl (C=O) groups is 2. The molecule has 6 heteroatoms. The van der Waals surface area contributed by atoms with Crippen molar-refractivity contribution in [3.8, 4) is 0 Å². The highest BCUT2D eigenvalue weighted by molar-refractivity contribution is 5.97. The molecule has 0 bridgehead atoms. The largest absolute Gasteiger partial charge is 0.481 e. The highest BCUT2D eigenvalue weighted by atomic mass is 16.4. The van der Waals surface area contributed by atoms with Gasteiger partial charge in [0.1, 0.15) is 0 Å². The van der Waals surface area contributed by atoms with Crippen molar-refractivity contribution in [3.05, 3.63) is 17.0 Å². The van der Waals surface area contributed by atoms with E-state index in [1.165, 1.54) is 0 Å². The zero-order valence-corrected chi connectivity index (χ0v) is 12.4. The molecule has 1 aromatic heterocycles. The van der Waals surface area contributed by atoms with Crippen LogP contribution in [0.25, 0.3) is 0 Å². The van der Waals surface area contributed by atoms with Gasteiger partial charge in [0.25, 0.3) is 5.91 Å². The number of aromatic nitrogens is 2. The van der Waals surface area contributed by atoms with E-state index >= 15 is 0 Å². The summed E-state index contributed by atoms with van der Waals surface area (Å²) in [5.41, 5.74) is 1.12. The second-order valence-corrected chi connectivity index (χ2v) is 5.81. The zero-order chi connectivity index (χ0) is 15.1. The summed E-state index contributed by atoms with van der Waals surface area (Å²) >= 11 is 0. The lowest BCUT2D eigenvalue weighted by molar-refractivity contribution is -0.148. The number of hydrogen-bond donors (Lipinski definition) is 2. The normalized spacial score (nSPS) is 25.7. The predicted octanol–water partition coefficient (Wildman–Crippen LogP) is 1.41. The first kappa shape index (κ1) is 14.6. The number of rotatable bonds is 3. The Bertz CT molecular complexity index is 564. The lowest BCUT2D eigenvalue weighted by Gasteiger charge is -2.27. The second kappa shape index (κ2) is 4.92. The first-order valence-corrected chi connectivity index (χ1v) is 6.82. The van der Waals surface area contributed by atoms with Crippen LogP contribution in [0.3, 0.4) is 0 Å². The van der Waals surface area contributed by atoms with Crippen molar-refractivity contribution < 1.29 is 14.7 Å². The smallest absolute Gasteiger partial charge is 0.311 e. The number of nitrogens with zero attached hydrogens (tertiary/aromatic N) is 2. The maximum atomic E-state index is 12.4. The molecule has 0 aromatic carbocycles. The highest BCUT2D eigenvalue weighted by Gasteiger charge is 2.46. The molecule has 20 heavy (non-hydrogen) atoms. The van der Waals surface area contributed by atoms with Crippen LogP contribution in [-0.2, 0) is 11.8 Å². The van der Waals surface area contributed by atoms with Crippen LogP contribution >= 0.6 is 0 Å². The third kappa shape index (κ3) is 2.19.